The van der Waals surface area contributed by atoms with Gasteiger partial charge in [0.1, 0.15) is 14.9 Å². The lowest BCUT2D eigenvalue weighted by atomic mass is 10.0. The number of aromatic hydroxyl groups is 1. The van der Waals surface area contributed by atoms with Crippen LogP contribution in [0, 0.1) is 0 Å². The second-order valence-electron chi connectivity index (χ2n) is 4.99. The number of phenols is 1. The van der Waals surface area contributed by atoms with Crippen molar-refractivity contribution in [3.8, 4) is 22.6 Å². The van der Waals surface area contributed by atoms with Gasteiger partial charge in [-0.15, -0.1) is 0 Å². The largest absolute Gasteiger partial charge is 0.507 e. The van der Waals surface area contributed by atoms with Gasteiger partial charge < -0.3 is 9.84 Å². The van der Waals surface area contributed by atoms with Gasteiger partial charge in [-0.2, -0.15) is 0 Å². The maximum atomic E-state index is 12.0. The van der Waals surface area contributed by atoms with E-state index in [0.29, 0.717) is 17.7 Å². The minimum absolute atomic E-state index is 0.0955. The van der Waals surface area contributed by atoms with Crippen molar-refractivity contribution in [2.24, 2.45) is 0 Å². The molecule has 4 heteroatoms. The molecule has 2 rings (SSSR count). The Kier molecular flexibility index (Phi) is 4.88. The van der Waals surface area contributed by atoms with Gasteiger partial charge in [-0.05, 0) is 31.0 Å². The lowest BCUT2D eigenvalue weighted by Gasteiger charge is -2.18. The molecule has 3 nitrogen and oxygen atoms in total. The first-order valence-electron chi connectivity index (χ1n) is 6.73. The number of esters is 1. The molecule has 0 aliphatic rings. The zero-order valence-corrected chi connectivity index (χ0v) is 14.1. The summed E-state index contributed by atoms with van der Waals surface area (Å²) in [6.45, 7) is 3.76. The van der Waals surface area contributed by atoms with Crippen molar-refractivity contribution in [2.75, 3.05) is 0 Å². The van der Waals surface area contributed by atoms with Crippen molar-refractivity contribution in [1.29, 1.82) is 0 Å². The minimum atomic E-state index is -0.564. The molecule has 2 aromatic carbocycles. The van der Waals surface area contributed by atoms with E-state index in [2.05, 4.69) is 22.6 Å². The molecule has 0 fully saturated rings. The van der Waals surface area contributed by atoms with E-state index in [9.17, 15) is 9.90 Å². The molecule has 21 heavy (non-hydrogen) atoms. The molecule has 110 valence electrons. The summed E-state index contributed by atoms with van der Waals surface area (Å²) < 4.78 is 4.77. The molecule has 0 radical (unpaired) electrons. The Morgan fingerprint density at radius 3 is 2.48 bits per heavy atom. The fourth-order valence-corrected chi connectivity index (χ4v) is 1.90. The summed E-state index contributed by atoms with van der Waals surface area (Å²) in [5.41, 5.74) is 1.63. The summed E-state index contributed by atoms with van der Waals surface area (Å²) in [4.78, 5) is 12.0. The van der Waals surface area contributed by atoms with Crippen molar-refractivity contribution >= 4 is 28.6 Å². The van der Waals surface area contributed by atoms with Crippen molar-refractivity contribution in [3.05, 3.63) is 48.5 Å². The molecule has 0 aliphatic heterocycles. The van der Waals surface area contributed by atoms with Crippen LogP contribution in [0.15, 0.2) is 48.5 Å². The van der Waals surface area contributed by atoms with E-state index in [1.165, 1.54) is 6.07 Å². The summed E-state index contributed by atoms with van der Waals surface area (Å²) in [5.74, 6) is 0.143. The highest BCUT2D eigenvalue weighted by molar-refractivity contribution is 14.1. The molecule has 0 aromatic heterocycles. The van der Waals surface area contributed by atoms with Gasteiger partial charge in [-0.3, -0.25) is 4.79 Å². The smallest absolute Gasteiger partial charge is 0.327 e. The second kappa shape index (κ2) is 6.47. The third-order valence-electron chi connectivity index (χ3n) is 3.35. The van der Waals surface area contributed by atoms with Crippen LogP contribution in [0.2, 0.25) is 0 Å². The highest BCUT2D eigenvalue weighted by atomic mass is 127. The number of phenolic OH excluding ortho intramolecular Hbond substituents is 1. The Labute approximate surface area is 138 Å². The van der Waals surface area contributed by atoms with Crippen molar-refractivity contribution in [1.82, 2.24) is 0 Å². The summed E-state index contributed by atoms with van der Waals surface area (Å²) in [7, 11) is 0. The fourth-order valence-electron chi connectivity index (χ4n) is 1.79. The van der Waals surface area contributed by atoms with E-state index in [4.69, 9.17) is 4.74 Å². The first kappa shape index (κ1) is 15.8. The highest BCUT2D eigenvalue weighted by Gasteiger charge is 2.30. The van der Waals surface area contributed by atoms with Crippen LogP contribution in [0.3, 0.4) is 0 Å². The van der Waals surface area contributed by atoms with E-state index >= 15 is 0 Å². The summed E-state index contributed by atoms with van der Waals surface area (Å²) >= 11 is 2.08. The predicted octanol–water partition coefficient (Wildman–Crippen LogP) is 4.57. The summed E-state index contributed by atoms with van der Waals surface area (Å²) in [6.07, 6.45) is 0.681. The van der Waals surface area contributed by atoms with Gasteiger partial charge in [0.05, 0.1) is 0 Å². The highest BCUT2D eigenvalue weighted by Crippen LogP contribution is 2.33. The molecule has 0 saturated heterocycles. The van der Waals surface area contributed by atoms with Crippen molar-refractivity contribution in [3.63, 3.8) is 0 Å². The number of carbonyl (C=O) groups excluding carboxylic acids is 1. The molecule has 0 bridgehead atoms. The van der Waals surface area contributed by atoms with E-state index < -0.39 is 3.42 Å². The standard InChI is InChI=1S/C17H17IO3/c1-3-17(2,18)16(20)21-13-9-10-14(15(19)11-13)12-7-5-4-6-8-12/h4-11,19H,3H2,1-2H3. The molecule has 0 heterocycles. The Balaban J connectivity index is 2.22. The molecule has 0 aliphatic carbocycles. The molecule has 1 N–H and O–H groups in total. The van der Waals surface area contributed by atoms with Crippen LogP contribution in [-0.4, -0.2) is 14.5 Å². The average Bonchev–Trinajstić information content (AvgIpc) is 2.48. The molecule has 2 aromatic rings. The third-order valence-corrected chi connectivity index (χ3v) is 4.56. The number of hydrogen-bond donors (Lipinski definition) is 1. The molecular formula is C17H17IO3. The van der Waals surface area contributed by atoms with Gasteiger partial charge in [0, 0.05) is 11.6 Å². The Bertz CT molecular complexity index is 636. The van der Waals surface area contributed by atoms with E-state index in [0.717, 1.165) is 5.56 Å². The second-order valence-corrected chi connectivity index (χ2v) is 7.37. The van der Waals surface area contributed by atoms with Crippen LogP contribution in [0.1, 0.15) is 20.3 Å². The Morgan fingerprint density at radius 2 is 1.90 bits per heavy atom. The average molecular weight is 396 g/mol. The topological polar surface area (TPSA) is 46.5 Å². The van der Waals surface area contributed by atoms with Gasteiger partial charge in [0.25, 0.3) is 0 Å². The first-order valence-corrected chi connectivity index (χ1v) is 7.81. The SMILES string of the molecule is CCC(C)(I)C(=O)Oc1ccc(-c2ccccc2)c(O)c1. The quantitative estimate of drug-likeness (QED) is 0.357. The number of carbonyl (C=O) groups is 1. The molecule has 0 spiro atoms. The molecule has 0 saturated carbocycles. The first-order chi connectivity index (χ1) is 9.94. The lowest BCUT2D eigenvalue weighted by molar-refractivity contribution is -0.136. The number of alkyl halides is 1. The monoisotopic (exact) mass is 396 g/mol. The lowest BCUT2D eigenvalue weighted by Crippen LogP contribution is -2.31. The normalized spacial score (nSPS) is 13.5. The maximum absolute atomic E-state index is 12.0. The van der Waals surface area contributed by atoms with E-state index in [1.807, 2.05) is 44.2 Å². The zero-order chi connectivity index (χ0) is 15.5. The van der Waals surface area contributed by atoms with Crippen LogP contribution in [0.5, 0.6) is 11.5 Å². The van der Waals surface area contributed by atoms with Crippen LogP contribution in [0.4, 0.5) is 0 Å². The minimum Gasteiger partial charge on any atom is -0.507 e. The van der Waals surface area contributed by atoms with Gasteiger partial charge in [-0.1, -0.05) is 59.8 Å². The predicted molar refractivity (Wildman–Crippen MR) is 91.9 cm³/mol. The number of benzene rings is 2. The van der Waals surface area contributed by atoms with Crippen LogP contribution >= 0.6 is 22.6 Å². The van der Waals surface area contributed by atoms with E-state index in [-0.39, 0.29) is 11.7 Å². The molecule has 1 atom stereocenters. The fraction of sp³-hybridized carbons (Fsp3) is 0.235. The number of hydrogen-bond acceptors (Lipinski definition) is 3. The number of rotatable bonds is 4. The van der Waals surface area contributed by atoms with Crippen molar-refractivity contribution < 1.29 is 14.6 Å². The van der Waals surface area contributed by atoms with Gasteiger partial charge in [-0.25, -0.2) is 0 Å². The van der Waals surface area contributed by atoms with Gasteiger partial charge in [0.2, 0.25) is 0 Å². The molecular weight excluding hydrogens is 379 g/mol. The molecule has 1 unspecified atom stereocenters. The van der Waals surface area contributed by atoms with Crippen LogP contribution in [0.25, 0.3) is 11.1 Å². The van der Waals surface area contributed by atoms with Gasteiger partial charge >= 0.3 is 5.97 Å². The molecule has 0 amide bonds. The Morgan fingerprint density at radius 1 is 1.24 bits per heavy atom. The maximum Gasteiger partial charge on any atom is 0.327 e. The third kappa shape index (κ3) is 3.75. The van der Waals surface area contributed by atoms with Crippen molar-refractivity contribution in [2.45, 2.75) is 23.7 Å². The number of ether oxygens (including phenoxy) is 1. The van der Waals surface area contributed by atoms with Crippen LogP contribution in [-0.2, 0) is 4.79 Å². The van der Waals surface area contributed by atoms with Crippen LogP contribution < -0.4 is 4.74 Å². The Hall–Kier alpha value is -1.56. The van der Waals surface area contributed by atoms with Gasteiger partial charge in [0.15, 0.2) is 0 Å². The zero-order valence-electron chi connectivity index (χ0n) is 12.0. The van der Waals surface area contributed by atoms with E-state index in [1.54, 1.807) is 12.1 Å². The summed E-state index contributed by atoms with van der Waals surface area (Å²) in [6, 6.07) is 14.5. The number of halogens is 1. The summed E-state index contributed by atoms with van der Waals surface area (Å²) in [5, 5.41) is 10.1.